The van der Waals surface area contributed by atoms with Crippen LogP contribution in [0.3, 0.4) is 0 Å². The fraction of sp³-hybridized carbons (Fsp3) is 0.333. The van der Waals surface area contributed by atoms with Gasteiger partial charge in [-0.05, 0) is 67.8 Å². The molecule has 0 aliphatic carbocycles. The number of amides is 1. The predicted octanol–water partition coefficient (Wildman–Crippen LogP) is 4.33. The van der Waals surface area contributed by atoms with Crippen LogP contribution < -0.4 is 10.1 Å². The standard InChI is InChI=1S/C24H28N4O2/c1-2-30-22-11-5-18(6-12-22)16-28-15-3-4-20(17-28)24(29)26-21-9-7-19(8-10-21)23-13-14-25-27-23/h5-14,20H,2-4,15-17H2,1H3,(H,25,27)(H,26,29). The van der Waals surface area contributed by atoms with E-state index >= 15 is 0 Å². The van der Waals surface area contributed by atoms with Crippen LogP contribution in [0.15, 0.2) is 60.8 Å². The van der Waals surface area contributed by atoms with Gasteiger partial charge < -0.3 is 10.1 Å². The van der Waals surface area contributed by atoms with Crippen molar-refractivity contribution in [2.75, 3.05) is 25.0 Å². The summed E-state index contributed by atoms with van der Waals surface area (Å²) in [6.07, 6.45) is 3.69. The lowest BCUT2D eigenvalue weighted by atomic mass is 9.96. The van der Waals surface area contributed by atoms with E-state index in [1.165, 1.54) is 5.56 Å². The Morgan fingerprint density at radius 2 is 1.97 bits per heavy atom. The molecule has 2 heterocycles. The van der Waals surface area contributed by atoms with E-state index in [0.29, 0.717) is 6.61 Å². The van der Waals surface area contributed by atoms with Gasteiger partial charge in [0.1, 0.15) is 5.75 Å². The minimum Gasteiger partial charge on any atom is -0.494 e. The fourth-order valence-corrected chi connectivity index (χ4v) is 3.92. The summed E-state index contributed by atoms with van der Waals surface area (Å²) in [5, 5.41) is 10.0. The van der Waals surface area contributed by atoms with Gasteiger partial charge in [0, 0.05) is 25.0 Å². The van der Waals surface area contributed by atoms with Crippen molar-refractivity contribution in [2.45, 2.75) is 26.3 Å². The molecule has 1 aromatic heterocycles. The monoisotopic (exact) mass is 404 g/mol. The molecule has 1 saturated heterocycles. The van der Waals surface area contributed by atoms with Crippen LogP contribution in [0.25, 0.3) is 11.3 Å². The Labute approximate surface area is 177 Å². The maximum absolute atomic E-state index is 12.8. The highest BCUT2D eigenvalue weighted by Gasteiger charge is 2.25. The molecule has 156 valence electrons. The van der Waals surface area contributed by atoms with Crippen molar-refractivity contribution in [3.8, 4) is 17.0 Å². The lowest BCUT2D eigenvalue weighted by molar-refractivity contribution is -0.121. The molecule has 1 aliphatic heterocycles. The quantitative estimate of drug-likeness (QED) is 0.615. The second kappa shape index (κ2) is 9.59. The van der Waals surface area contributed by atoms with E-state index in [1.807, 2.05) is 49.4 Å². The first-order valence-corrected chi connectivity index (χ1v) is 10.6. The molecule has 0 radical (unpaired) electrons. The average Bonchev–Trinajstić information content (AvgIpc) is 3.31. The van der Waals surface area contributed by atoms with Crippen LogP contribution in [0.2, 0.25) is 0 Å². The molecule has 1 atom stereocenters. The second-order valence-corrected chi connectivity index (χ2v) is 7.69. The van der Waals surface area contributed by atoms with Gasteiger partial charge >= 0.3 is 0 Å². The number of H-pyrrole nitrogens is 1. The van der Waals surface area contributed by atoms with Crippen molar-refractivity contribution in [1.29, 1.82) is 0 Å². The summed E-state index contributed by atoms with van der Waals surface area (Å²) < 4.78 is 5.51. The number of aromatic nitrogens is 2. The summed E-state index contributed by atoms with van der Waals surface area (Å²) in [6.45, 7) is 5.32. The van der Waals surface area contributed by atoms with E-state index in [0.717, 1.165) is 55.2 Å². The number of benzene rings is 2. The third-order valence-electron chi connectivity index (χ3n) is 5.48. The van der Waals surface area contributed by atoms with Gasteiger partial charge in [0.15, 0.2) is 0 Å². The van der Waals surface area contributed by atoms with Crippen molar-refractivity contribution in [3.05, 3.63) is 66.4 Å². The van der Waals surface area contributed by atoms with Gasteiger partial charge in [-0.3, -0.25) is 14.8 Å². The highest BCUT2D eigenvalue weighted by Crippen LogP contribution is 2.23. The Kier molecular flexibility index (Phi) is 6.44. The van der Waals surface area contributed by atoms with Gasteiger partial charge in [0.2, 0.25) is 5.91 Å². The molecule has 2 aromatic carbocycles. The summed E-state index contributed by atoms with van der Waals surface area (Å²) in [5.41, 5.74) is 4.08. The number of piperidine rings is 1. The first-order chi connectivity index (χ1) is 14.7. The number of carbonyl (C=O) groups is 1. The summed E-state index contributed by atoms with van der Waals surface area (Å²) in [6, 6.07) is 18.0. The predicted molar refractivity (Wildman–Crippen MR) is 118 cm³/mol. The molecule has 1 aliphatic rings. The molecule has 2 N–H and O–H groups in total. The van der Waals surface area contributed by atoms with Gasteiger partial charge in [0.25, 0.3) is 0 Å². The third-order valence-corrected chi connectivity index (χ3v) is 5.48. The fourth-order valence-electron chi connectivity index (χ4n) is 3.92. The SMILES string of the molecule is CCOc1ccc(CN2CCCC(C(=O)Nc3ccc(-c4ccn[nH]4)cc3)C2)cc1. The van der Waals surface area contributed by atoms with Crippen molar-refractivity contribution in [1.82, 2.24) is 15.1 Å². The van der Waals surface area contributed by atoms with Gasteiger partial charge in [0.05, 0.1) is 18.2 Å². The van der Waals surface area contributed by atoms with Crippen LogP contribution in [0.1, 0.15) is 25.3 Å². The van der Waals surface area contributed by atoms with Crippen molar-refractivity contribution >= 4 is 11.6 Å². The maximum atomic E-state index is 12.8. The zero-order valence-corrected chi connectivity index (χ0v) is 17.3. The van der Waals surface area contributed by atoms with Crippen LogP contribution in [0.5, 0.6) is 5.75 Å². The zero-order valence-electron chi connectivity index (χ0n) is 17.3. The molecule has 4 rings (SSSR count). The Hall–Kier alpha value is -3.12. The molecule has 0 spiro atoms. The second-order valence-electron chi connectivity index (χ2n) is 7.69. The highest BCUT2D eigenvalue weighted by molar-refractivity contribution is 5.93. The molecule has 6 heteroatoms. The Bertz CT molecular complexity index is 936. The van der Waals surface area contributed by atoms with Crippen LogP contribution in [0, 0.1) is 5.92 Å². The van der Waals surface area contributed by atoms with E-state index in [1.54, 1.807) is 6.20 Å². The number of rotatable bonds is 7. The number of ether oxygens (including phenoxy) is 1. The van der Waals surface area contributed by atoms with E-state index in [4.69, 9.17) is 4.74 Å². The van der Waals surface area contributed by atoms with Crippen molar-refractivity contribution < 1.29 is 9.53 Å². The lowest BCUT2D eigenvalue weighted by Gasteiger charge is -2.32. The van der Waals surface area contributed by atoms with Crippen LogP contribution in [-0.2, 0) is 11.3 Å². The van der Waals surface area contributed by atoms with Gasteiger partial charge in [-0.2, -0.15) is 5.10 Å². The Balaban J connectivity index is 1.32. The minimum atomic E-state index is 0.00808. The molecule has 3 aromatic rings. The first kappa shape index (κ1) is 20.2. The number of nitrogens with one attached hydrogen (secondary N) is 2. The molecule has 1 unspecified atom stereocenters. The number of anilines is 1. The molecular weight excluding hydrogens is 376 g/mol. The van der Waals surface area contributed by atoms with Gasteiger partial charge in [-0.25, -0.2) is 0 Å². The smallest absolute Gasteiger partial charge is 0.228 e. The molecule has 0 bridgehead atoms. The van der Waals surface area contributed by atoms with Crippen LogP contribution >= 0.6 is 0 Å². The number of likely N-dealkylation sites (tertiary alicyclic amines) is 1. The molecular formula is C24H28N4O2. The summed E-state index contributed by atoms with van der Waals surface area (Å²) in [4.78, 5) is 15.2. The third kappa shape index (κ3) is 5.07. The molecule has 30 heavy (non-hydrogen) atoms. The van der Waals surface area contributed by atoms with E-state index in [2.05, 4.69) is 32.5 Å². The number of hydrogen-bond donors (Lipinski definition) is 2. The van der Waals surface area contributed by atoms with E-state index in [9.17, 15) is 4.79 Å². The van der Waals surface area contributed by atoms with E-state index < -0.39 is 0 Å². The van der Waals surface area contributed by atoms with Crippen molar-refractivity contribution in [2.24, 2.45) is 5.92 Å². The number of nitrogens with zero attached hydrogens (tertiary/aromatic N) is 2. The molecule has 1 amide bonds. The number of hydrogen-bond acceptors (Lipinski definition) is 4. The van der Waals surface area contributed by atoms with Crippen LogP contribution in [0.4, 0.5) is 5.69 Å². The number of aromatic amines is 1. The Morgan fingerprint density at radius 1 is 1.17 bits per heavy atom. The summed E-state index contributed by atoms with van der Waals surface area (Å²) in [7, 11) is 0. The average molecular weight is 405 g/mol. The van der Waals surface area contributed by atoms with Gasteiger partial charge in [-0.1, -0.05) is 24.3 Å². The first-order valence-electron chi connectivity index (χ1n) is 10.6. The largest absolute Gasteiger partial charge is 0.494 e. The lowest BCUT2D eigenvalue weighted by Crippen LogP contribution is -2.40. The maximum Gasteiger partial charge on any atom is 0.228 e. The number of carbonyl (C=O) groups excluding carboxylic acids is 1. The molecule has 1 fully saturated rings. The zero-order chi connectivity index (χ0) is 20.8. The Morgan fingerprint density at radius 3 is 2.67 bits per heavy atom. The summed E-state index contributed by atoms with van der Waals surface area (Å²) >= 11 is 0. The highest BCUT2D eigenvalue weighted by atomic mass is 16.5. The minimum absolute atomic E-state index is 0.00808. The topological polar surface area (TPSA) is 70.2 Å². The summed E-state index contributed by atoms with van der Waals surface area (Å²) in [5.74, 6) is 1.00. The van der Waals surface area contributed by atoms with Gasteiger partial charge in [-0.15, -0.1) is 0 Å². The van der Waals surface area contributed by atoms with Crippen molar-refractivity contribution in [3.63, 3.8) is 0 Å². The van der Waals surface area contributed by atoms with E-state index in [-0.39, 0.29) is 11.8 Å². The van der Waals surface area contributed by atoms with Crippen LogP contribution in [-0.4, -0.2) is 40.7 Å². The molecule has 6 nitrogen and oxygen atoms in total. The normalized spacial score (nSPS) is 16.9. The molecule has 0 saturated carbocycles.